The molecular formula is C19H29N3O3. The van der Waals surface area contributed by atoms with Crippen LogP contribution in [0.2, 0.25) is 0 Å². The van der Waals surface area contributed by atoms with E-state index in [1.807, 2.05) is 56.0 Å². The monoisotopic (exact) mass is 347 g/mol. The van der Waals surface area contributed by atoms with Gasteiger partial charge in [0.05, 0.1) is 13.0 Å². The molecule has 0 radical (unpaired) electrons. The zero-order chi connectivity index (χ0) is 18.3. The van der Waals surface area contributed by atoms with E-state index in [1.165, 1.54) is 0 Å². The number of hydrogen-bond donors (Lipinski definition) is 2. The van der Waals surface area contributed by atoms with Gasteiger partial charge in [-0.05, 0) is 45.7 Å². The second-order valence-electron chi connectivity index (χ2n) is 7.42. The summed E-state index contributed by atoms with van der Waals surface area (Å²) in [4.78, 5) is 26.0. The van der Waals surface area contributed by atoms with Gasteiger partial charge in [-0.2, -0.15) is 0 Å². The molecule has 1 fully saturated rings. The maximum Gasteiger partial charge on any atom is 0.317 e. The summed E-state index contributed by atoms with van der Waals surface area (Å²) in [6, 6.07) is 9.56. The molecule has 0 bridgehead atoms. The third-order valence-corrected chi connectivity index (χ3v) is 3.97. The second-order valence-corrected chi connectivity index (χ2v) is 7.42. The fourth-order valence-electron chi connectivity index (χ4n) is 2.70. The van der Waals surface area contributed by atoms with Crippen molar-refractivity contribution in [3.63, 3.8) is 0 Å². The molecule has 1 aliphatic heterocycles. The van der Waals surface area contributed by atoms with E-state index in [-0.39, 0.29) is 23.5 Å². The quantitative estimate of drug-likeness (QED) is 0.860. The molecule has 0 unspecified atom stereocenters. The van der Waals surface area contributed by atoms with Crippen molar-refractivity contribution < 1.29 is 14.3 Å². The Labute approximate surface area is 149 Å². The van der Waals surface area contributed by atoms with Crippen LogP contribution in [0.5, 0.6) is 5.75 Å². The standard InChI is InChI=1S/C19H29N3O3/c1-19(2,3)21-18(24)22-12-9-15(10-13-22)20-17(23)11-14-25-16-7-5-4-6-8-16/h4-8,15H,9-14H2,1-3H3,(H,20,23)(H,21,24). The average molecular weight is 347 g/mol. The van der Waals surface area contributed by atoms with Crippen LogP contribution >= 0.6 is 0 Å². The number of rotatable bonds is 5. The van der Waals surface area contributed by atoms with Gasteiger partial charge in [0, 0.05) is 24.7 Å². The number of likely N-dealkylation sites (tertiary alicyclic amines) is 1. The first-order chi connectivity index (χ1) is 11.8. The van der Waals surface area contributed by atoms with Gasteiger partial charge < -0.3 is 20.3 Å². The number of piperidine rings is 1. The van der Waals surface area contributed by atoms with Gasteiger partial charge in [-0.25, -0.2) is 4.79 Å². The van der Waals surface area contributed by atoms with E-state index < -0.39 is 0 Å². The Kier molecular flexibility index (Phi) is 6.67. The first kappa shape index (κ1) is 19.1. The lowest BCUT2D eigenvalue weighted by atomic mass is 10.0. The van der Waals surface area contributed by atoms with Crippen LogP contribution in [-0.2, 0) is 4.79 Å². The topological polar surface area (TPSA) is 70.7 Å². The van der Waals surface area contributed by atoms with Crippen molar-refractivity contribution in [2.24, 2.45) is 0 Å². The highest BCUT2D eigenvalue weighted by atomic mass is 16.5. The molecule has 6 heteroatoms. The van der Waals surface area contributed by atoms with Gasteiger partial charge in [-0.1, -0.05) is 18.2 Å². The van der Waals surface area contributed by atoms with Gasteiger partial charge in [0.25, 0.3) is 0 Å². The number of benzene rings is 1. The number of para-hydroxylation sites is 1. The Bertz CT molecular complexity index is 561. The minimum atomic E-state index is -0.235. The molecule has 1 aliphatic rings. The van der Waals surface area contributed by atoms with Crippen molar-refractivity contribution in [3.05, 3.63) is 30.3 Å². The number of carbonyl (C=O) groups excluding carboxylic acids is 2. The minimum Gasteiger partial charge on any atom is -0.493 e. The third kappa shape index (κ3) is 7.03. The number of hydrogen-bond acceptors (Lipinski definition) is 3. The van der Waals surface area contributed by atoms with Crippen molar-refractivity contribution in [2.45, 2.75) is 51.6 Å². The van der Waals surface area contributed by atoms with Gasteiger partial charge in [-0.15, -0.1) is 0 Å². The van der Waals surface area contributed by atoms with E-state index in [0.29, 0.717) is 26.1 Å². The highest BCUT2D eigenvalue weighted by molar-refractivity contribution is 5.77. The van der Waals surface area contributed by atoms with Gasteiger partial charge in [0.2, 0.25) is 5.91 Å². The number of urea groups is 1. The lowest BCUT2D eigenvalue weighted by molar-refractivity contribution is -0.122. The van der Waals surface area contributed by atoms with E-state index in [2.05, 4.69) is 10.6 Å². The largest absolute Gasteiger partial charge is 0.493 e. The van der Waals surface area contributed by atoms with E-state index in [1.54, 1.807) is 0 Å². The third-order valence-electron chi connectivity index (χ3n) is 3.97. The smallest absolute Gasteiger partial charge is 0.317 e. The predicted octanol–water partition coefficient (Wildman–Crippen LogP) is 2.54. The van der Waals surface area contributed by atoms with Crippen molar-refractivity contribution in [1.29, 1.82) is 0 Å². The first-order valence-electron chi connectivity index (χ1n) is 8.88. The lowest BCUT2D eigenvalue weighted by Crippen LogP contribution is -2.53. The van der Waals surface area contributed by atoms with Gasteiger partial charge in [-0.3, -0.25) is 4.79 Å². The van der Waals surface area contributed by atoms with E-state index in [0.717, 1.165) is 18.6 Å². The summed E-state index contributed by atoms with van der Waals surface area (Å²) in [7, 11) is 0. The molecule has 0 atom stereocenters. The van der Waals surface area contributed by atoms with Crippen LogP contribution < -0.4 is 15.4 Å². The van der Waals surface area contributed by atoms with Crippen molar-refractivity contribution in [3.8, 4) is 5.75 Å². The molecule has 0 spiro atoms. The van der Waals surface area contributed by atoms with Crippen molar-refractivity contribution >= 4 is 11.9 Å². The van der Waals surface area contributed by atoms with Crippen LogP contribution in [0.25, 0.3) is 0 Å². The number of carbonyl (C=O) groups is 2. The molecule has 1 saturated heterocycles. The number of nitrogens with one attached hydrogen (secondary N) is 2. The molecule has 6 nitrogen and oxygen atoms in total. The van der Waals surface area contributed by atoms with E-state index >= 15 is 0 Å². The van der Waals surface area contributed by atoms with Crippen LogP contribution in [0.1, 0.15) is 40.0 Å². The maximum atomic E-state index is 12.1. The minimum absolute atomic E-state index is 0.00600. The van der Waals surface area contributed by atoms with Crippen LogP contribution in [0.15, 0.2) is 30.3 Å². The lowest BCUT2D eigenvalue weighted by Gasteiger charge is -2.34. The highest BCUT2D eigenvalue weighted by Crippen LogP contribution is 2.12. The number of nitrogens with zero attached hydrogens (tertiary/aromatic N) is 1. The van der Waals surface area contributed by atoms with Gasteiger partial charge in [0.15, 0.2) is 0 Å². The summed E-state index contributed by atoms with van der Waals surface area (Å²) in [6.45, 7) is 7.59. The fourth-order valence-corrected chi connectivity index (χ4v) is 2.70. The molecule has 3 amide bonds. The molecule has 138 valence electrons. The van der Waals surface area contributed by atoms with E-state index in [4.69, 9.17) is 4.74 Å². The molecule has 1 heterocycles. The Morgan fingerprint density at radius 1 is 1.16 bits per heavy atom. The zero-order valence-electron chi connectivity index (χ0n) is 15.4. The summed E-state index contributed by atoms with van der Waals surface area (Å²) in [5, 5.41) is 6.01. The molecule has 2 N–H and O–H groups in total. The van der Waals surface area contributed by atoms with Gasteiger partial charge >= 0.3 is 6.03 Å². The second kappa shape index (κ2) is 8.74. The Hall–Kier alpha value is -2.24. The SMILES string of the molecule is CC(C)(C)NC(=O)N1CCC(NC(=O)CCOc2ccccc2)CC1. The normalized spacial score (nSPS) is 15.6. The Morgan fingerprint density at radius 2 is 1.80 bits per heavy atom. The average Bonchev–Trinajstić information content (AvgIpc) is 2.55. The molecular weight excluding hydrogens is 318 g/mol. The molecule has 2 rings (SSSR count). The molecule has 1 aromatic rings. The number of ether oxygens (including phenoxy) is 1. The summed E-state index contributed by atoms with van der Waals surface area (Å²) in [6.07, 6.45) is 1.89. The Morgan fingerprint density at radius 3 is 2.40 bits per heavy atom. The van der Waals surface area contributed by atoms with Crippen LogP contribution in [-0.4, -0.2) is 48.1 Å². The molecule has 0 aromatic heterocycles. The van der Waals surface area contributed by atoms with Crippen LogP contribution in [0.3, 0.4) is 0 Å². The summed E-state index contributed by atoms with van der Waals surface area (Å²) in [5.41, 5.74) is -0.235. The van der Waals surface area contributed by atoms with Crippen LogP contribution in [0, 0.1) is 0 Å². The highest BCUT2D eigenvalue weighted by Gasteiger charge is 2.25. The van der Waals surface area contributed by atoms with Gasteiger partial charge in [0.1, 0.15) is 5.75 Å². The Balaban J connectivity index is 1.64. The maximum absolute atomic E-state index is 12.1. The van der Waals surface area contributed by atoms with E-state index in [9.17, 15) is 9.59 Å². The molecule has 0 aliphatic carbocycles. The summed E-state index contributed by atoms with van der Waals surface area (Å²) < 4.78 is 5.54. The first-order valence-corrected chi connectivity index (χ1v) is 8.88. The molecule has 1 aromatic carbocycles. The summed E-state index contributed by atoms with van der Waals surface area (Å²) >= 11 is 0. The summed E-state index contributed by atoms with van der Waals surface area (Å²) in [5.74, 6) is 0.766. The fraction of sp³-hybridized carbons (Fsp3) is 0.579. The molecule has 0 saturated carbocycles. The number of amides is 3. The molecule has 25 heavy (non-hydrogen) atoms. The van der Waals surface area contributed by atoms with Crippen molar-refractivity contribution in [1.82, 2.24) is 15.5 Å². The zero-order valence-corrected chi connectivity index (χ0v) is 15.4. The van der Waals surface area contributed by atoms with Crippen molar-refractivity contribution in [2.75, 3.05) is 19.7 Å². The predicted molar refractivity (Wildman–Crippen MR) is 97.6 cm³/mol. The van der Waals surface area contributed by atoms with Crippen LogP contribution in [0.4, 0.5) is 4.79 Å².